The van der Waals surface area contributed by atoms with Gasteiger partial charge < -0.3 is 25.4 Å². The van der Waals surface area contributed by atoms with Gasteiger partial charge in [-0.15, -0.1) is 0 Å². The molecule has 1 aromatic carbocycles. The molecular formula is C26H38N4O4. The molecule has 2 aliphatic heterocycles. The normalized spacial score (nSPS) is 24.9. The van der Waals surface area contributed by atoms with Crippen LogP contribution in [0.25, 0.3) is 0 Å². The summed E-state index contributed by atoms with van der Waals surface area (Å²) in [7, 11) is 0. The number of piperazine rings is 1. The number of likely N-dealkylation sites (tertiary alicyclic amines) is 1. The number of aliphatic hydroxyl groups is 1. The molecule has 2 heterocycles. The predicted molar refractivity (Wildman–Crippen MR) is 130 cm³/mol. The van der Waals surface area contributed by atoms with Crippen molar-refractivity contribution in [3.8, 4) is 0 Å². The molecule has 1 spiro atoms. The van der Waals surface area contributed by atoms with Crippen LogP contribution in [0.3, 0.4) is 0 Å². The Labute approximate surface area is 202 Å². The van der Waals surface area contributed by atoms with Gasteiger partial charge in [0.1, 0.15) is 11.6 Å². The molecule has 1 atom stereocenters. The SMILES string of the molecule is CCCCN1C(=O)[C@@H](CC2(O)CCCCC2)NC(=O)C12CCN(C(=NO)c1ccccc1)CC2. The molecule has 0 aromatic heterocycles. The first kappa shape index (κ1) is 24.5. The summed E-state index contributed by atoms with van der Waals surface area (Å²) < 4.78 is 0. The van der Waals surface area contributed by atoms with Crippen LogP contribution < -0.4 is 5.32 Å². The van der Waals surface area contributed by atoms with Gasteiger partial charge in [-0.1, -0.05) is 68.1 Å². The molecule has 2 amide bonds. The highest BCUT2D eigenvalue weighted by Gasteiger charge is 2.54. The highest BCUT2D eigenvalue weighted by Crippen LogP contribution is 2.37. The second kappa shape index (κ2) is 10.3. The third-order valence-corrected chi connectivity index (χ3v) is 7.93. The van der Waals surface area contributed by atoms with Crippen LogP contribution >= 0.6 is 0 Å². The fourth-order valence-corrected chi connectivity index (χ4v) is 5.92. The Bertz CT molecular complexity index is 889. The van der Waals surface area contributed by atoms with Gasteiger partial charge in [0, 0.05) is 31.6 Å². The Hall–Kier alpha value is -2.61. The first-order valence-corrected chi connectivity index (χ1v) is 12.8. The fourth-order valence-electron chi connectivity index (χ4n) is 5.92. The summed E-state index contributed by atoms with van der Waals surface area (Å²) in [6.07, 6.45) is 7.38. The van der Waals surface area contributed by atoms with Gasteiger partial charge in [0.25, 0.3) is 0 Å². The van der Waals surface area contributed by atoms with Gasteiger partial charge in [-0.05, 0) is 32.1 Å². The molecule has 0 unspecified atom stereocenters. The second-order valence-electron chi connectivity index (χ2n) is 10.2. The Morgan fingerprint density at radius 1 is 1.09 bits per heavy atom. The largest absolute Gasteiger partial charge is 0.409 e. The van der Waals surface area contributed by atoms with E-state index in [1.54, 1.807) is 0 Å². The third kappa shape index (κ3) is 4.78. The molecule has 1 saturated carbocycles. The Kier molecular flexibility index (Phi) is 7.45. The number of rotatable bonds is 6. The zero-order valence-electron chi connectivity index (χ0n) is 20.2. The Balaban J connectivity index is 1.52. The number of hydrogen-bond acceptors (Lipinski definition) is 5. The van der Waals surface area contributed by atoms with Gasteiger partial charge in [-0.25, -0.2) is 0 Å². The number of hydrogen-bond donors (Lipinski definition) is 3. The predicted octanol–water partition coefficient (Wildman–Crippen LogP) is 2.87. The van der Waals surface area contributed by atoms with E-state index in [9.17, 15) is 19.9 Å². The smallest absolute Gasteiger partial charge is 0.246 e. The summed E-state index contributed by atoms with van der Waals surface area (Å²) in [6, 6.07) is 8.82. The van der Waals surface area contributed by atoms with Crippen LogP contribution in [0.5, 0.6) is 0 Å². The van der Waals surface area contributed by atoms with Gasteiger partial charge in [0.05, 0.1) is 5.60 Å². The molecular weight excluding hydrogens is 432 g/mol. The van der Waals surface area contributed by atoms with Crippen LogP contribution in [0.1, 0.15) is 76.7 Å². The van der Waals surface area contributed by atoms with Crippen molar-refractivity contribution < 1.29 is 19.9 Å². The number of amides is 2. The molecule has 186 valence electrons. The average molecular weight is 471 g/mol. The summed E-state index contributed by atoms with van der Waals surface area (Å²) in [5, 5.41) is 27.3. The van der Waals surface area contributed by atoms with E-state index in [0.29, 0.717) is 51.2 Å². The van der Waals surface area contributed by atoms with E-state index >= 15 is 0 Å². The van der Waals surface area contributed by atoms with Crippen molar-refractivity contribution in [2.24, 2.45) is 5.16 Å². The van der Waals surface area contributed by atoms with Gasteiger partial charge in [0.15, 0.2) is 5.84 Å². The lowest BCUT2D eigenvalue weighted by atomic mass is 9.77. The van der Waals surface area contributed by atoms with Crippen LogP contribution in [0.2, 0.25) is 0 Å². The highest BCUT2D eigenvalue weighted by atomic mass is 16.4. The molecule has 1 aliphatic carbocycles. The van der Waals surface area contributed by atoms with E-state index in [1.165, 1.54) is 0 Å². The first-order chi connectivity index (χ1) is 16.4. The van der Waals surface area contributed by atoms with Crippen molar-refractivity contribution >= 4 is 17.6 Å². The average Bonchev–Trinajstić information content (AvgIpc) is 2.85. The highest BCUT2D eigenvalue weighted by molar-refractivity contribution is 6.01. The number of oxime groups is 1. The van der Waals surface area contributed by atoms with E-state index in [2.05, 4.69) is 17.4 Å². The number of benzene rings is 1. The number of piperidine rings is 1. The molecule has 4 rings (SSSR count). The van der Waals surface area contributed by atoms with Crippen LogP contribution in [0.15, 0.2) is 35.5 Å². The molecule has 3 fully saturated rings. The van der Waals surface area contributed by atoms with Crippen LogP contribution in [0.4, 0.5) is 0 Å². The van der Waals surface area contributed by atoms with Gasteiger partial charge in [-0.3, -0.25) is 9.59 Å². The minimum absolute atomic E-state index is 0.0698. The lowest BCUT2D eigenvalue weighted by molar-refractivity contribution is -0.163. The zero-order valence-corrected chi connectivity index (χ0v) is 20.2. The van der Waals surface area contributed by atoms with Crippen LogP contribution in [0, 0.1) is 0 Å². The number of nitrogens with one attached hydrogen (secondary N) is 1. The Morgan fingerprint density at radius 3 is 2.38 bits per heavy atom. The van der Waals surface area contributed by atoms with E-state index in [1.807, 2.05) is 40.1 Å². The number of unbranched alkanes of at least 4 members (excludes halogenated alkanes) is 1. The summed E-state index contributed by atoms with van der Waals surface area (Å²) in [6.45, 7) is 3.63. The first-order valence-electron chi connectivity index (χ1n) is 12.8. The standard InChI is InChI=1S/C26H38N4O4/c1-2-3-16-30-23(31)21(19-25(33)12-8-5-9-13-25)27-24(32)26(30)14-17-29(18-15-26)22(28-34)20-10-6-4-7-11-20/h4,6-7,10-11,21,33-34H,2-3,5,8-9,12-19H2,1H3,(H,27,32)/t21-/m1/s1. The molecule has 1 aromatic rings. The molecule has 3 aliphatic rings. The minimum Gasteiger partial charge on any atom is -0.409 e. The fraction of sp³-hybridized carbons (Fsp3) is 0.654. The van der Waals surface area contributed by atoms with Gasteiger partial charge in [-0.2, -0.15) is 0 Å². The Morgan fingerprint density at radius 2 is 1.76 bits per heavy atom. The number of amidine groups is 1. The zero-order chi connectivity index (χ0) is 24.2. The molecule has 2 saturated heterocycles. The van der Waals surface area contributed by atoms with E-state index < -0.39 is 17.2 Å². The maximum Gasteiger partial charge on any atom is 0.246 e. The number of carbonyl (C=O) groups is 2. The molecule has 8 nitrogen and oxygen atoms in total. The monoisotopic (exact) mass is 470 g/mol. The maximum atomic E-state index is 13.7. The van der Waals surface area contributed by atoms with Crippen molar-refractivity contribution in [2.75, 3.05) is 19.6 Å². The van der Waals surface area contributed by atoms with E-state index in [0.717, 1.165) is 37.7 Å². The van der Waals surface area contributed by atoms with Gasteiger partial charge in [0.2, 0.25) is 11.8 Å². The molecule has 0 radical (unpaired) electrons. The summed E-state index contributed by atoms with van der Waals surface area (Å²) in [5.74, 6) is 0.296. The molecule has 8 heteroatoms. The summed E-state index contributed by atoms with van der Waals surface area (Å²) >= 11 is 0. The van der Waals surface area contributed by atoms with Crippen molar-refractivity contribution in [3.63, 3.8) is 0 Å². The topological polar surface area (TPSA) is 105 Å². The molecule has 34 heavy (non-hydrogen) atoms. The summed E-state index contributed by atoms with van der Waals surface area (Å²) in [5.41, 5.74) is -0.960. The van der Waals surface area contributed by atoms with Crippen LogP contribution in [-0.2, 0) is 9.59 Å². The van der Waals surface area contributed by atoms with Gasteiger partial charge >= 0.3 is 0 Å². The maximum absolute atomic E-state index is 13.7. The van der Waals surface area contributed by atoms with E-state index in [4.69, 9.17) is 0 Å². The number of nitrogens with zero attached hydrogens (tertiary/aromatic N) is 3. The molecule has 3 N–H and O–H groups in total. The quantitative estimate of drug-likeness (QED) is 0.257. The minimum atomic E-state index is -0.897. The van der Waals surface area contributed by atoms with Crippen molar-refractivity contribution in [1.82, 2.24) is 15.1 Å². The lowest BCUT2D eigenvalue weighted by Crippen LogP contribution is -2.73. The summed E-state index contributed by atoms with van der Waals surface area (Å²) in [4.78, 5) is 31.0. The van der Waals surface area contributed by atoms with E-state index in [-0.39, 0.29) is 18.2 Å². The van der Waals surface area contributed by atoms with Crippen LogP contribution in [-0.4, -0.2) is 74.6 Å². The van der Waals surface area contributed by atoms with Crippen molar-refractivity contribution in [2.45, 2.75) is 88.3 Å². The lowest BCUT2D eigenvalue weighted by Gasteiger charge is -2.52. The second-order valence-corrected chi connectivity index (χ2v) is 10.2. The molecule has 0 bridgehead atoms. The number of carbonyl (C=O) groups excluding carboxylic acids is 2. The van der Waals surface area contributed by atoms with Crippen molar-refractivity contribution in [3.05, 3.63) is 35.9 Å². The third-order valence-electron chi connectivity index (χ3n) is 7.93. The van der Waals surface area contributed by atoms with Crippen molar-refractivity contribution in [1.29, 1.82) is 0 Å².